The number of hydrogen-bond donors (Lipinski definition) is 0. The van der Waals surface area contributed by atoms with Crippen LogP contribution in [-0.2, 0) is 31.8 Å². The molecule has 1 saturated heterocycles. The zero-order valence-corrected chi connectivity index (χ0v) is 14.6. The molecule has 1 aromatic rings. The molecular weight excluding hydrogens is 363 g/mol. The fraction of sp³-hybridized carbons (Fsp3) is 0.533. The van der Waals surface area contributed by atoms with Crippen LogP contribution in [0, 0.1) is 0 Å². The minimum absolute atomic E-state index is 0.123. The van der Waals surface area contributed by atoms with E-state index in [4.69, 9.17) is 4.74 Å². The molecule has 0 N–H and O–H groups in total. The van der Waals surface area contributed by atoms with Crippen LogP contribution in [0.15, 0.2) is 24.3 Å². The maximum atomic E-state index is 12.8. The fourth-order valence-corrected chi connectivity index (χ4v) is 3.47. The molecule has 25 heavy (non-hydrogen) atoms. The quantitative estimate of drug-likeness (QED) is 0.787. The molecule has 0 radical (unpaired) electrons. The molecule has 10 heteroatoms. The normalized spacial score (nSPS) is 20.6. The minimum Gasteiger partial charge on any atom is -0.443 e. The Balaban J connectivity index is 2.25. The van der Waals surface area contributed by atoms with Crippen molar-refractivity contribution in [2.75, 3.05) is 6.61 Å². The molecule has 0 bridgehead atoms. The van der Waals surface area contributed by atoms with Gasteiger partial charge in [0.1, 0.15) is 5.60 Å². The number of ether oxygens (including phenoxy) is 1. The largest absolute Gasteiger partial charge is 0.443 e. The van der Waals surface area contributed by atoms with Gasteiger partial charge in [0.2, 0.25) is 0 Å². The maximum absolute atomic E-state index is 12.8. The predicted octanol–water partition coefficient (Wildman–Crippen LogP) is 3.13. The highest BCUT2D eigenvalue weighted by Crippen LogP contribution is 2.31. The van der Waals surface area contributed by atoms with Crippen LogP contribution >= 0.6 is 0 Å². The van der Waals surface area contributed by atoms with Crippen LogP contribution in [0.2, 0.25) is 0 Å². The fourth-order valence-electron chi connectivity index (χ4n) is 2.31. The van der Waals surface area contributed by atoms with Gasteiger partial charge in [-0.25, -0.2) is 4.79 Å². The van der Waals surface area contributed by atoms with Crippen LogP contribution < -0.4 is 0 Å². The number of amides is 1. The van der Waals surface area contributed by atoms with E-state index in [-0.39, 0.29) is 18.6 Å². The van der Waals surface area contributed by atoms with Crippen LogP contribution in [0.4, 0.5) is 18.0 Å². The van der Waals surface area contributed by atoms with Gasteiger partial charge in [-0.2, -0.15) is 25.9 Å². The van der Waals surface area contributed by atoms with Gasteiger partial charge in [0.15, 0.2) is 0 Å². The Labute approximate surface area is 143 Å². The van der Waals surface area contributed by atoms with Gasteiger partial charge in [0.05, 0.1) is 18.2 Å². The molecule has 6 nitrogen and oxygen atoms in total. The molecule has 0 spiro atoms. The van der Waals surface area contributed by atoms with Crippen LogP contribution in [0.1, 0.15) is 31.9 Å². The first kappa shape index (κ1) is 19.5. The summed E-state index contributed by atoms with van der Waals surface area (Å²) in [6.07, 6.45) is -5.76. The number of alkyl halides is 3. The average Bonchev–Trinajstić information content (AvgIpc) is 2.71. The van der Waals surface area contributed by atoms with Gasteiger partial charge in [0.25, 0.3) is 0 Å². The summed E-state index contributed by atoms with van der Waals surface area (Å²) in [6, 6.07) is 3.49. The lowest BCUT2D eigenvalue weighted by molar-refractivity contribution is -0.137. The Hall–Kier alpha value is -1.81. The third-order valence-electron chi connectivity index (χ3n) is 3.28. The first-order chi connectivity index (χ1) is 11.3. The van der Waals surface area contributed by atoms with Gasteiger partial charge in [-0.3, -0.25) is 4.18 Å². The predicted molar refractivity (Wildman–Crippen MR) is 81.9 cm³/mol. The van der Waals surface area contributed by atoms with E-state index in [1.54, 1.807) is 20.8 Å². The lowest BCUT2D eigenvalue weighted by Crippen LogP contribution is -2.43. The molecule has 1 amide bonds. The van der Waals surface area contributed by atoms with E-state index >= 15 is 0 Å². The van der Waals surface area contributed by atoms with Crippen molar-refractivity contribution in [3.05, 3.63) is 35.4 Å². The van der Waals surface area contributed by atoms with E-state index in [0.717, 1.165) is 12.1 Å². The monoisotopic (exact) mass is 381 g/mol. The zero-order chi connectivity index (χ0) is 19.0. The van der Waals surface area contributed by atoms with E-state index in [2.05, 4.69) is 4.18 Å². The standard InChI is InChI=1S/C15H18F3NO5S/c1-14(2,3)24-13(20)19-12(9-23-25(19,21)22)8-10-5-4-6-11(7-10)15(16,17)18/h4-7,12H,8-9H2,1-3H3. The Kier molecular flexibility index (Phi) is 5.06. The number of nitrogens with zero attached hydrogens (tertiary/aromatic N) is 1. The van der Waals surface area contributed by atoms with Crippen molar-refractivity contribution in [2.24, 2.45) is 0 Å². The summed E-state index contributed by atoms with van der Waals surface area (Å²) in [4.78, 5) is 12.2. The SMILES string of the molecule is CC(C)(C)OC(=O)N1C(Cc2cccc(C(F)(F)F)c2)COS1(=O)=O. The first-order valence-electron chi connectivity index (χ1n) is 7.37. The van der Waals surface area contributed by atoms with Crippen LogP contribution in [0.5, 0.6) is 0 Å². The molecule has 140 valence electrons. The van der Waals surface area contributed by atoms with Gasteiger partial charge in [-0.05, 0) is 38.8 Å². The van der Waals surface area contributed by atoms with Gasteiger partial charge in [0, 0.05) is 0 Å². The second-order valence-corrected chi connectivity index (χ2v) is 8.06. The second-order valence-electron chi connectivity index (χ2n) is 6.57. The van der Waals surface area contributed by atoms with E-state index in [1.807, 2.05) is 0 Å². The number of carbonyl (C=O) groups is 1. The number of halogens is 3. The van der Waals surface area contributed by atoms with Crippen molar-refractivity contribution in [3.8, 4) is 0 Å². The molecule has 2 rings (SSSR count). The van der Waals surface area contributed by atoms with Crippen molar-refractivity contribution < 1.29 is 35.3 Å². The van der Waals surface area contributed by atoms with Crippen molar-refractivity contribution in [2.45, 2.75) is 45.0 Å². The summed E-state index contributed by atoms with van der Waals surface area (Å²) in [7, 11) is -4.33. The van der Waals surface area contributed by atoms with Crippen LogP contribution in [0.3, 0.4) is 0 Å². The van der Waals surface area contributed by atoms with Crippen molar-refractivity contribution >= 4 is 16.4 Å². The molecule has 0 saturated carbocycles. The summed E-state index contributed by atoms with van der Waals surface area (Å²) >= 11 is 0. The Morgan fingerprint density at radius 1 is 1.32 bits per heavy atom. The number of carbonyl (C=O) groups excluding carboxylic acids is 1. The third-order valence-corrected chi connectivity index (χ3v) is 4.64. The van der Waals surface area contributed by atoms with Gasteiger partial charge < -0.3 is 4.74 Å². The van der Waals surface area contributed by atoms with Gasteiger partial charge in [-0.15, -0.1) is 0 Å². The smallest absolute Gasteiger partial charge is 0.426 e. The Morgan fingerprint density at radius 3 is 2.52 bits per heavy atom. The summed E-state index contributed by atoms with van der Waals surface area (Å²) in [5.74, 6) is 0. The second kappa shape index (κ2) is 6.49. The lowest BCUT2D eigenvalue weighted by Gasteiger charge is -2.26. The van der Waals surface area contributed by atoms with Crippen LogP contribution in [-0.4, -0.2) is 37.1 Å². The van der Waals surface area contributed by atoms with E-state index < -0.39 is 39.8 Å². The molecule has 1 atom stereocenters. The molecule has 1 aliphatic heterocycles. The number of rotatable bonds is 2. The topological polar surface area (TPSA) is 72.9 Å². The minimum atomic E-state index is -4.51. The summed E-state index contributed by atoms with van der Waals surface area (Å²) in [6.45, 7) is 4.35. The average molecular weight is 381 g/mol. The van der Waals surface area contributed by atoms with E-state index in [1.165, 1.54) is 12.1 Å². The van der Waals surface area contributed by atoms with Crippen molar-refractivity contribution in [3.63, 3.8) is 0 Å². The summed E-state index contributed by atoms with van der Waals surface area (Å²) in [5.41, 5.74) is -1.56. The lowest BCUT2D eigenvalue weighted by atomic mass is 10.0. The third kappa shape index (κ3) is 4.85. The molecular formula is C15H18F3NO5S. The number of hydrogen-bond acceptors (Lipinski definition) is 5. The Morgan fingerprint density at radius 2 is 1.96 bits per heavy atom. The van der Waals surface area contributed by atoms with Gasteiger partial charge in [-0.1, -0.05) is 18.2 Å². The highest BCUT2D eigenvalue weighted by Gasteiger charge is 2.44. The zero-order valence-electron chi connectivity index (χ0n) is 13.8. The highest BCUT2D eigenvalue weighted by atomic mass is 32.2. The van der Waals surface area contributed by atoms with Crippen molar-refractivity contribution in [1.29, 1.82) is 0 Å². The number of benzene rings is 1. The van der Waals surface area contributed by atoms with Crippen molar-refractivity contribution in [1.82, 2.24) is 4.31 Å². The molecule has 1 unspecified atom stereocenters. The molecule has 1 aromatic carbocycles. The maximum Gasteiger partial charge on any atom is 0.426 e. The summed E-state index contributed by atoms with van der Waals surface area (Å²) in [5, 5.41) is 0. The molecule has 1 fully saturated rings. The van der Waals surface area contributed by atoms with Gasteiger partial charge >= 0.3 is 22.6 Å². The summed E-state index contributed by atoms with van der Waals surface area (Å²) < 4.78 is 72.4. The van der Waals surface area contributed by atoms with E-state index in [0.29, 0.717) is 4.31 Å². The molecule has 0 aromatic heterocycles. The van der Waals surface area contributed by atoms with Crippen LogP contribution in [0.25, 0.3) is 0 Å². The molecule has 0 aliphatic carbocycles. The molecule has 1 aliphatic rings. The Bertz CT molecular complexity index is 755. The molecule has 1 heterocycles. The highest BCUT2D eigenvalue weighted by molar-refractivity contribution is 7.85. The van der Waals surface area contributed by atoms with E-state index in [9.17, 15) is 26.4 Å². The first-order valence-corrected chi connectivity index (χ1v) is 8.74.